The van der Waals surface area contributed by atoms with Crippen molar-refractivity contribution in [2.45, 2.75) is 6.10 Å². The van der Waals surface area contributed by atoms with Crippen molar-refractivity contribution in [3.63, 3.8) is 0 Å². The number of hydrogen-bond donors (Lipinski definition) is 0. The number of morpholine rings is 1. The standard InChI is InChI=1S/C12H11ClN2O2/c13-11-5-9(8-16)1-2-12(11)15-3-4-17-10(6-14)7-15/h1-2,5,8,10H,3-4,7H2. The highest BCUT2D eigenvalue weighted by Gasteiger charge is 2.21. The van der Waals surface area contributed by atoms with E-state index in [2.05, 4.69) is 6.07 Å². The van der Waals surface area contributed by atoms with Crippen LogP contribution >= 0.6 is 11.6 Å². The monoisotopic (exact) mass is 250 g/mol. The van der Waals surface area contributed by atoms with Crippen molar-refractivity contribution in [3.05, 3.63) is 28.8 Å². The number of nitrogens with zero attached hydrogens (tertiary/aromatic N) is 2. The highest BCUT2D eigenvalue weighted by Crippen LogP contribution is 2.27. The van der Waals surface area contributed by atoms with E-state index in [-0.39, 0.29) is 0 Å². The molecule has 5 heteroatoms. The summed E-state index contributed by atoms with van der Waals surface area (Å²) in [5.41, 5.74) is 1.38. The molecule has 1 aromatic carbocycles. The van der Waals surface area contributed by atoms with Crippen LogP contribution in [0.5, 0.6) is 0 Å². The first-order valence-corrected chi connectivity index (χ1v) is 5.63. The zero-order valence-corrected chi connectivity index (χ0v) is 9.85. The molecule has 2 rings (SSSR count). The van der Waals surface area contributed by atoms with Gasteiger partial charge >= 0.3 is 0 Å². The van der Waals surface area contributed by atoms with E-state index in [0.29, 0.717) is 30.3 Å². The summed E-state index contributed by atoms with van der Waals surface area (Å²) < 4.78 is 5.26. The molecule has 1 aliphatic rings. The molecule has 1 fully saturated rings. The summed E-state index contributed by atoms with van der Waals surface area (Å²) in [6, 6.07) is 7.22. The Morgan fingerprint density at radius 2 is 2.41 bits per heavy atom. The Morgan fingerprint density at radius 3 is 3.06 bits per heavy atom. The number of carbonyl (C=O) groups excluding carboxylic acids is 1. The average Bonchev–Trinajstić information content (AvgIpc) is 2.38. The van der Waals surface area contributed by atoms with Crippen molar-refractivity contribution in [1.29, 1.82) is 5.26 Å². The predicted molar refractivity (Wildman–Crippen MR) is 64.4 cm³/mol. The summed E-state index contributed by atoms with van der Waals surface area (Å²) in [6.07, 6.45) is 0.332. The number of benzene rings is 1. The van der Waals surface area contributed by atoms with Gasteiger partial charge in [-0.05, 0) is 18.2 Å². The maximum atomic E-state index is 10.6. The van der Waals surface area contributed by atoms with E-state index in [0.717, 1.165) is 12.0 Å². The van der Waals surface area contributed by atoms with E-state index in [4.69, 9.17) is 21.6 Å². The number of aldehydes is 1. The maximum Gasteiger partial charge on any atom is 0.161 e. The van der Waals surface area contributed by atoms with E-state index in [1.54, 1.807) is 18.2 Å². The van der Waals surface area contributed by atoms with Gasteiger partial charge in [0.2, 0.25) is 0 Å². The van der Waals surface area contributed by atoms with Crippen molar-refractivity contribution >= 4 is 23.6 Å². The Morgan fingerprint density at radius 1 is 1.59 bits per heavy atom. The summed E-state index contributed by atoms with van der Waals surface area (Å²) in [5.74, 6) is 0. The number of carbonyl (C=O) groups is 1. The zero-order chi connectivity index (χ0) is 12.3. The van der Waals surface area contributed by atoms with Gasteiger partial charge in [0.15, 0.2) is 6.10 Å². The summed E-state index contributed by atoms with van der Waals surface area (Å²) in [6.45, 7) is 1.69. The van der Waals surface area contributed by atoms with Gasteiger partial charge in [-0.25, -0.2) is 0 Å². The molecule has 1 unspecified atom stereocenters. The lowest BCUT2D eigenvalue weighted by atomic mass is 10.2. The molecule has 1 heterocycles. The summed E-state index contributed by atoms with van der Waals surface area (Å²) >= 11 is 6.11. The van der Waals surface area contributed by atoms with Crippen LogP contribution in [0.1, 0.15) is 10.4 Å². The number of rotatable bonds is 2. The van der Waals surface area contributed by atoms with E-state index in [9.17, 15) is 4.79 Å². The van der Waals surface area contributed by atoms with Crippen LogP contribution in [0.2, 0.25) is 5.02 Å². The van der Waals surface area contributed by atoms with Gasteiger partial charge in [-0.1, -0.05) is 11.6 Å². The molecule has 1 aliphatic heterocycles. The molecule has 0 saturated carbocycles. The zero-order valence-electron chi connectivity index (χ0n) is 9.10. The predicted octanol–water partition coefficient (Wildman–Crippen LogP) is 1.88. The highest BCUT2D eigenvalue weighted by molar-refractivity contribution is 6.33. The SMILES string of the molecule is N#CC1CN(c2ccc(C=O)cc2Cl)CCO1. The van der Waals surface area contributed by atoms with Crippen LogP contribution in [0.3, 0.4) is 0 Å². The first kappa shape index (κ1) is 11.9. The van der Waals surface area contributed by atoms with Gasteiger partial charge in [0.05, 0.1) is 29.9 Å². The van der Waals surface area contributed by atoms with Gasteiger partial charge < -0.3 is 9.64 Å². The van der Waals surface area contributed by atoms with Crippen molar-refractivity contribution in [1.82, 2.24) is 0 Å². The number of anilines is 1. The van der Waals surface area contributed by atoms with Gasteiger partial charge in [-0.3, -0.25) is 4.79 Å². The third-order valence-corrected chi connectivity index (χ3v) is 2.96. The minimum absolute atomic E-state index is 0.425. The number of hydrogen-bond acceptors (Lipinski definition) is 4. The van der Waals surface area contributed by atoms with Crippen LogP contribution in [0, 0.1) is 11.3 Å². The van der Waals surface area contributed by atoms with E-state index in [1.807, 2.05) is 4.90 Å². The molecular weight excluding hydrogens is 240 g/mol. The van der Waals surface area contributed by atoms with Crippen LogP contribution in [0.15, 0.2) is 18.2 Å². The molecular formula is C12H11ClN2O2. The van der Waals surface area contributed by atoms with Gasteiger partial charge in [0.25, 0.3) is 0 Å². The first-order chi connectivity index (χ1) is 8.24. The fourth-order valence-electron chi connectivity index (χ4n) is 1.80. The number of halogens is 1. The second-order valence-electron chi connectivity index (χ2n) is 3.76. The summed E-state index contributed by atoms with van der Waals surface area (Å²) in [5, 5.41) is 9.35. The van der Waals surface area contributed by atoms with Crippen molar-refractivity contribution in [3.8, 4) is 6.07 Å². The molecule has 0 radical (unpaired) electrons. The Labute approximate surface area is 104 Å². The lowest BCUT2D eigenvalue weighted by molar-refractivity contribution is 0.0764. The maximum absolute atomic E-state index is 10.6. The van der Waals surface area contributed by atoms with Gasteiger partial charge in [0, 0.05) is 12.1 Å². The molecule has 0 aromatic heterocycles. The largest absolute Gasteiger partial charge is 0.364 e. The summed E-state index contributed by atoms with van der Waals surface area (Å²) in [4.78, 5) is 12.6. The third-order valence-electron chi connectivity index (χ3n) is 2.66. The molecule has 0 N–H and O–H groups in total. The fraction of sp³-hybridized carbons (Fsp3) is 0.333. The topological polar surface area (TPSA) is 53.3 Å². The average molecular weight is 251 g/mol. The molecule has 88 valence electrons. The number of nitriles is 1. The molecule has 0 spiro atoms. The lowest BCUT2D eigenvalue weighted by Crippen LogP contribution is -2.42. The molecule has 0 bridgehead atoms. The van der Waals surface area contributed by atoms with Gasteiger partial charge in [-0.2, -0.15) is 5.26 Å². The molecule has 1 aromatic rings. The van der Waals surface area contributed by atoms with Crippen LogP contribution in [-0.2, 0) is 4.74 Å². The van der Waals surface area contributed by atoms with Crippen molar-refractivity contribution < 1.29 is 9.53 Å². The third kappa shape index (κ3) is 2.57. The molecule has 1 atom stereocenters. The molecule has 4 nitrogen and oxygen atoms in total. The molecule has 1 saturated heterocycles. The van der Waals surface area contributed by atoms with Crippen LogP contribution in [-0.4, -0.2) is 32.1 Å². The van der Waals surface area contributed by atoms with E-state index >= 15 is 0 Å². The normalized spacial score (nSPS) is 19.8. The molecule has 0 amide bonds. The second-order valence-corrected chi connectivity index (χ2v) is 4.17. The van der Waals surface area contributed by atoms with Gasteiger partial charge in [0.1, 0.15) is 6.29 Å². The minimum Gasteiger partial charge on any atom is -0.364 e. The Kier molecular flexibility index (Phi) is 3.62. The van der Waals surface area contributed by atoms with Crippen molar-refractivity contribution in [2.75, 3.05) is 24.6 Å². The van der Waals surface area contributed by atoms with E-state index in [1.165, 1.54) is 0 Å². The smallest absolute Gasteiger partial charge is 0.161 e. The Bertz CT molecular complexity index is 470. The van der Waals surface area contributed by atoms with Crippen LogP contribution in [0.25, 0.3) is 0 Å². The van der Waals surface area contributed by atoms with Gasteiger partial charge in [-0.15, -0.1) is 0 Å². The quantitative estimate of drug-likeness (QED) is 0.752. The highest BCUT2D eigenvalue weighted by atomic mass is 35.5. The minimum atomic E-state index is -0.425. The fourth-order valence-corrected chi connectivity index (χ4v) is 2.11. The Hall–Kier alpha value is -1.57. The molecule has 0 aliphatic carbocycles. The first-order valence-electron chi connectivity index (χ1n) is 5.25. The van der Waals surface area contributed by atoms with E-state index < -0.39 is 6.10 Å². The summed E-state index contributed by atoms with van der Waals surface area (Å²) in [7, 11) is 0. The molecule has 17 heavy (non-hydrogen) atoms. The lowest BCUT2D eigenvalue weighted by Gasteiger charge is -2.32. The second kappa shape index (κ2) is 5.17. The van der Waals surface area contributed by atoms with Crippen LogP contribution < -0.4 is 4.90 Å². The van der Waals surface area contributed by atoms with Crippen LogP contribution in [0.4, 0.5) is 5.69 Å². The van der Waals surface area contributed by atoms with Crippen molar-refractivity contribution in [2.24, 2.45) is 0 Å². The Balaban J connectivity index is 2.22. The number of ether oxygens (including phenoxy) is 1.